The molecule has 4 rings (SSSR count). The smallest absolute Gasteiger partial charge is 0.0351 e. The third-order valence-corrected chi connectivity index (χ3v) is 7.40. The van der Waals surface area contributed by atoms with E-state index in [0.29, 0.717) is 5.92 Å². The van der Waals surface area contributed by atoms with Gasteiger partial charge in [0.1, 0.15) is 0 Å². The number of allylic oxidation sites excluding steroid dienone is 10. The van der Waals surface area contributed by atoms with Crippen molar-refractivity contribution in [3.05, 3.63) is 94.1 Å². The predicted octanol–water partition coefficient (Wildman–Crippen LogP) is 6.99. The third kappa shape index (κ3) is 8.44. The molecule has 1 aromatic rings. The molecule has 0 saturated carbocycles. The van der Waals surface area contributed by atoms with Crippen LogP contribution in [-0.4, -0.2) is 58.3 Å². The average molecular weight is 489 g/mol. The van der Waals surface area contributed by atoms with Gasteiger partial charge in [-0.15, -0.1) is 0 Å². The summed E-state index contributed by atoms with van der Waals surface area (Å²) in [5, 5.41) is 0. The van der Waals surface area contributed by atoms with Gasteiger partial charge in [0.2, 0.25) is 0 Å². The molecule has 36 heavy (non-hydrogen) atoms. The summed E-state index contributed by atoms with van der Waals surface area (Å²) < 4.78 is 4.25. The normalized spacial score (nSPS) is 21.2. The summed E-state index contributed by atoms with van der Waals surface area (Å²) in [6.45, 7) is 5.73. The van der Waals surface area contributed by atoms with Crippen molar-refractivity contribution in [3.8, 4) is 0 Å². The Morgan fingerprint density at radius 3 is 2.42 bits per heavy atom. The molecule has 0 bridgehead atoms. The Bertz CT molecular complexity index is 977. The molecule has 0 heterocycles. The van der Waals surface area contributed by atoms with Crippen molar-refractivity contribution in [1.29, 1.82) is 0 Å². The summed E-state index contributed by atoms with van der Waals surface area (Å²) in [6.07, 6.45) is 21.2. The minimum Gasteiger partial charge on any atom is -0.388 e. The molecule has 0 fully saturated rings. The zero-order chi connectivity index (χ0) is 25.9. The molecular weight excluding hydrogens is 440 g/mol. The molecule has 0 spiro atoms. The molecule has 2 atom stereocenters. The van der Waals surface area contributed by atoms with Gasteiger partial charge >= 0.3 is 0 Å². The molecule has 0 radical (unpaired) electrons. The van der Waals surface area contributed by atoms with Crippen LogP contribution < -0.4 is 0 Å². The highest BCUT2D eigenvalue weighted by molar-refractivity contribution is 5.56. The van der Waals surface area contributed by atoms with Crippen LogP contribution in [0.1, 0.15) is 50.2 Å². The first-order valence-electron chi connectivity index (χ1n) is 13.7. The molecule has 0 N–H and O–H groups in total. The number of benzene rings is 1. The lowest BCUT2D eigenvalue weighted by Crippen LogP contribution is -2.23. The number of hydrogen-bond donors (Lipinski definition) is 0. The van der Waals surface area contributed by atoms with E-state index in [2.05, 4.69) is 103 Å². The highest BCUT2D eigenvalue weighted by Crippen LogP contribution is 2.46. The second kappa shape index (κ2) is 14.5. The van der Waals surface area contributed by atoms with Gasteiger partial charge in [0.15, 0.2) is 0 Å². The largest absolute Gasteiger partial charge is 0.388 e. The lowest BCUT2D eigenvalue weighted by molar-refractivity contribution is 0.277. The van der Waals surface area contributed by atoms with E-state index in [9.17, 15) is 0 Å². The Morgan fingerprint density at radius 1 is 0.972 bits per heavy atom. The molecule has 0 amide bonds. The van der Waals surface area contributed by atoms with E-state index in [1.54, 1.807) is 30.9 Å². The highest BCUT2D eigenvalue weighted by atomic mass is 16.4. The maximum absolute atomic E-state index is 4.25. The Morgan fingerprint density at radius 2 is 1.69 bits per heavy atom. The summed E-state index contributed by atoms with van der Waals surface area (Å²) in [6, 6.07) is 9.46. The maximum atomic E-state index is 4.25. The Hall–Kier alpha value is -2.20. The van der Waals surface area contributed by atoms with Crippen molar-refractivity contribution in [2.75, 3.05) is 48.5 Å². The van der Waals surface area contributed by atoms with E-state index in [4.69, 9.17) is 0 Å². The van der Waals surface area contributed by atoms with E-state index in [1.165, 1.54) is 42.4 Å². The van der Waals surface area contributed by atoms with E-state index < -0.39 is 0 Å². The van der Waals surface area contributed by atoms with Gasteiger partial charge in [0.05, 0.1) is 0 Å². The molecule has 0 aliphatic heterocycles. The van der Waals surface area contributed by atoms with Gasteiger partial charge in [-0.3, -0.25) is 0 Å². The Labute approximate surface area is 220 Å². The van der Waals surface area contributed by atoms with E-state index in [1.807, 2.05) is 0 Å². The van der Waals surface area contributed by atoms with Gasteiger partial charge in [-0.2, -0.15) is 0 Å². The molecule has 196 valence electrons. The molecule has 2 unspecified atom stereocenters. The van der Waals surface area contributed by atoms with Crippen LogP contribution in [0.5, 0.6) is 0 Å². The molecule has 0 saturated heterocycles. The van der Waals surface area contributed by atoms with Gasteiger partial charge in [0.25, 0.3) is 0 Å². The number of nitrogens with zero attached hydrogens (tertiary/aromatic N) is 2. The number of hydrogen-bond acceptors (Lipinski definition) is 3. The lowest BCUT2D eigenvalue weighted by atomic mass is 9.79. The van der Waals surface area contributed by atoms with Crippen LogP contribution >= 0.6 is 0 Å². The van der Waals surface area contributed by atoms with Crippen LogP contribution in [0, 0.1) is 11.8 Å². The fraction of sp³-hybridized carbons (Fsp3) is 0.515. The number of rotatable bonds is 9. The first-order valence-corrected chi connectivity index (χ1v) is 13.7. The van der Waals surface area contributed by atoms with Crippen molar-refractivity contribution in [2.24, 2.45) is 11.8 Å². The quantitative estimate of drug-likeness (QED) is 0.372. The molecule has 0 aromatic heterocycles. The van der Waals surface area contributed by atoms with Crippen molar-refractivity contribution < 1.29 is 4.74 Å². The standard InChI is InChI=1S/C31H42N2.C2H6O/c1-24-12-17-29-28(20-24)22-30(27-10-7-5-6-8-11-27)31(29)21-25-13-15-26(16-14-25)23-33(4)19-9-18-32(2)3;1-3-2/h5-7,10-11,13-16,22,24,31H,8-9,12,17-21,23H2,1-4H3;1-2H3. The van der Waals surface area contributed by atoms with Gasteiger partial charge < -0.3 is 14.5 Å². The number of ether oxygens (including phenoxy) is 1. The second-order valence-electron chi connectivity index (χ2n) is 11.1. The second-order valence-corrected chi connectivity index (χ2v) is 11.1. The fourth-order valence-electron chi connectivity index (χ4n) is 5.57. The summed E-state index contributed by atoms with van der Waals surface area (Å²) in [5.74, 6) is 1.36. The molecular formula is C33H48N2O. The van der Waals surface area contributed by atoms with Crippen molar-refractivity contribution in [2.45, 2.75) is 52.0 Å². The number of methoxy groups -OCH3 is 1. The summed E-state index contributed by atoms with van der Waals surface area (Å²) >= 11 is 0. The maximum Gasteiger partial charge on any atom is 0.0351 e. The van der Waals surface area contributed by atoms with Crippen LogP contribution in [0.15, 0.2) is 83.0 Å². The first-order chi connectivity index (χ1) is 17.4. The van der Waals surface area contributed by atoms with Gasteiger partial charge in [-0.25, -0.2) is 0 Å². The van der Waals surface area contributed by atoms with Crippen LogP contribution in [0.2, 0.25) is 0 Å². The van der Waals surface area contributed by atoms with E-state index in [0.717, 1.165) is 38.4 Å². The summed E-state index contributed by atoms with van der Waals surface area (Å²) in [7, 11) is 9.78. The lowest BCUT2D eigenvalue weighted by Gasteiger charge is -2.26. The average Bonchev–Trinajstić information content (AvgIpc) is 2.99. The topological polar surface area (TPSA) is 15.7 Å². The third-order valence-electron chi connectivity index (χ3n) is 7.40. The van der Waals surface area contributed by atoms with Gasteiger partial charge in [0, 0.05) is 26.7 Å². The molecule has 3 nitrogen and oxygen atoms in total. The van der Waals surface area contributed by atoms with Gasteiger partial charge in [-0.1, -0.05) is 73.2 Å². The highest BCUT2D eigenvalue weighted by Gasteiger charge is 2.32. The van der Waals surface area contributed by atoms with Crippen molar-refractivity contribution >= 4 is 0 Å². The zero-order valence-corrected chi connectivity index (χ0v) is 23.6. The van der Waals surface area contributed by atoms with Crippen LogP contribution in [-0.2, 0) is 17.7 Å². The predicted molar refractivity (Wildman–Crippen MR) is 155 cm³/mol. The van der Waals surface area contributed by atoms with Crippen LogP contribution in [0.3, 0.4) is 0 Å². The molecule has 1 aromatic carbocycles. The minimum absolute atomic E-state index is 0.543. The van der Waals surface area contributed by atoms with Crippen LogP contribution in [0.25, 0.3) is 0 Å². The van der Waals surface area contributed by atoms with Crippen LogP contribution in [0.4, 0.5) is 0 Å². The van der Waals surface area contributed by atoms with Gasteiger partial charge in [-0.05, 0) is 107 Å². The minimum atomic E-state index is 0.543. The molecule has 3 aliphatic rings. The SMILES string of the molecule is CC1CCC2=C(C=C(C3=CCC=CC=C3)C2Cc2ccc(CN(C)CCCN(C)C)cc2)C1.COC. The summed E-state index contributed by atoms with van der Waals surface area (Å²) in [4.78, 5) is 4.70. The van der Waals surface area contributed by atoms with Crippen molar-refractivity contribution in [1.82, 2.24) is 9.80 Å². The summed E-state index contributed by atoms with van der Waals surface area (Å²) in [5.41, 5.74) is 9.23. The van der Waals surface area contributed by atoms with E-state index in [-0.39, 0.29) is 0 Å². The monoisotopic (exact) mass is 488 g/mol. The first kappa shape index (κ1) is 28.4. The molecule has 3 heteroatoms. The Kier molecular flexibility index (Phi) is 11.4. The Balaban J connectivity index is 0.00000115. The van der Waals surface area contributed by atoms with E-state index >= 15 is 0 Å². The zero-order valence-electron chi connectivity index (χ0n) is 23.6. The van der Waals surface area contributed by atoms with Crippen molar-refractivity contribution in [3.63, 3.8) is 0 Å². The fourth-order valence-corrected chi connectivity index (χ4v) is 5.57. The molecule has 3 aliphatic carbocycles.